The molecule has 0 aliphatic rings. The average molecular weight is 278 g/mol. The van der Waals surface area contributed by atoms with E-state index in [1.165, 1.54) is 11.8 Å². The molecular formula is C11H14N6OS. The molecule has 1 amide bonds. The van der Waals surface area contributed by atoms with Crippen LogP contribution < -0.4 is 11.5 Å². The highest BCUT2D eigenvalue weighted by molar-refractivity contribution is 7.98. The summed E-state index contributed by atoms with van der Waals surface area (Å²) in [5.41, 5.74) is 12.2. The second kappa shape index (κ2) is 6.30. The van der Waals surface area contributed by atoms with E-state index in [-0.39, 0.29) is 0 Å². The van der Waals surface area contributed by atoms with Crippen molar-refractivity contribution in [3.05, 3.63) is 35.4 Å². The van der Waals surface area contributed by atoms with Crippen LogP contribution in [0, 0.1) is 0 Å². The number of hydrogen-bond donors (Lipinski definition) is 2. The van der Waals surface area contributed by atoms with E-state index in [1.54, 1.807) is 16.8 Å². The maximum atomic E-state index is 11.3. The fraction of sp³-hybridized carbons (Fsp3) is 0.273. The lowest BCUT2D eigenvalue weighted by atomic mass is 10.1. The molecule has 19 heavy (non-hydrogen) atoms. The highest BCUT2D eigenvalue weighted by Crippen LogP contribution is 2.21. The van der Waals surface area contributed by atoms with Gasteiger partial charge in [-0.15, -0.1) is 5.10 Å². The van der Waals surface area contributed by atoms with Gasteiger partial charge in [0.1, 0.15) is 0 Å². The molecule has 8 heteroatoms. The first-order valence-electron chi connectivity index (χ1n) is 5.69. The van der Waals surface area contributed by atoms with Crippen molar-refractivity contribution in [2.24, 2.45) is 11.5 Å². The van der Waals surface area contributed by atoms with Crippen LogP contribution in [0.2, 0.25) is 0 Å². The van der Waals surface area contributed by atoms with Gasteiger partial charge in [0.2, 0.25) is 11.1 Å². The maximum Gasteiger partial charge on any atom is 0.249 e. The van der Waals surface area contributed by atoms with Crippen molar-refractivity contribution in [3.63, 3.8) is 0 Å². The third-order valence-electron chi connectivity index (χ3n) is 2.48. The van der Waals surface area contributed by atoms with Gasteiger partial charge >= 0.3 is 0 Å². The Kier molecular flexibility index (Phi) is 4.48. The minimum atomic E-state index is -0.433. The number of rotatable bonds is 6. The van der Waals surface area contributed by atoms with Crippen LogP contribution in [0.25, 0.3) is 0 Å². The molecule has 0 saturated carbocycles. The lowest BCUT2D eigenvalue weighted by Crippen LogP contribution is -2.14. The highest BCUT2D eigenvalue weighted by atomic mass is 32.2. The van der Waals surface area contributed by atoms with E-state index in [2.05, 4.69) is 15.5 Å². The van der Waals surface area contributed by atoms with E-state index in [4.69, 9.17) is 11.5 Å². The fourth-order valence-corrected chi connectivity index (χ4v) is 2.50. The largest absolute Gasteiger partial charge is 0.366 e. The van der Waals surface area contributed by atoms with Crippen molar-refractivity contribution in [1.29, 1.82) is 0 Å². The second-order valence-corrected chi connectivity index (χ2v) is 4.73. The van der Waals surface area contributed by atoms with Crippen LogP contribution in [0.4, 0.5) is 0 Å². The third kappa shape index (κ3) is 3.30. The van der Waals surface area contributed by atoms with Crippen LogP contribution in [0.15, 0.2) is 29.4 Å². The fourth-order valence-electron chi connectivity index (χ4n) is 1.59. The van der Waals surface area contributed by atoms with Gasteiger partial charge in [0, 0.05) is 17.9 Å². The number of benzene rings is 1. The summed E-state index contributed by atoms with van der Waals surface area (Å²) < 4.78 is 1.64. The lowest BCUT2D eigenvalue weighted by molar-refractivity contribution is 0.0999. The van der Waals surface area contributed by atoms with Gasteiger partial charge in [-0.1, -0.05) is 30.0 Å². The standard InChI is InChI=1S/C11H14N6OS/c12-5-6-17-11(14-15-16-17)19-7-8-3-1-2-4-9(8)10(13)18/h1-4H,5-7,12H2,(H2,13,18). The molecule has 4 N–H and O–H groups in total. The van der Waals surface area contributed by atoms with Crippen LogP contribution >= 0.6 is 11.8 Å². The van der Waals surface area contributed by atoms with Crippen molar-refractivity contribution in [2.75, 3.05) is 6.54 Å². The Balaban J connectivity index is 2.10. The summed E-state index contributed by atoms with van der Waals surface area (Å²) in [5.74, 6) is 0.141. The summed E-state index contributed by atoms with van der Waals surface area (Å²) in [5, 5.41) is 12.0. The van der Waals surface area contributed by atoms with Gasteiger partial charge in [-0.2, -0.15) is 0 Å². The van der Waals surface area contributed by atoms with Gasteiger partial charge in [0.25, 0.3) is 0 Å². The molecule has 0 aliphatic carbocycles. The van der Waals surface area contributed by atoms with Crippen LogP contribution in [0.3, 0.4) is 0 Å². The van der Waals surface area contributed by atoms with Gasteiger partial charge in [0.15, 0.2) is 0 Å². The van der Waals surface area contributed by atoms with E-state index in [9.17, 15) is 4.79 Å². The van der Waals surface area contributed by atoms with Gasteiger partial charge in [0.05, 0.1) is 6.54 Å². The molecule has 0 radical (unpaired) electrons. The second-order valence-electron chi connectivity index (χ2n) is 3.78. The first-order chi connectivity index (χ1) is 9.22. The van der Waals surface area contributed by atoms with Crippen LogP contribution in [0.5, 0.6) is 0 Å². The van der Waals surface area contributed by atoms with Crippen molar-refractivity contribution in [1.82, 2.24) is 20.2 Å². The summed E-state index contributed by atoms with van der Waals surface area (Å²) in [4.78, 5) is 11.3. The Labute approximate surface area is 114 Å². The Morgan fingerprint density at radius 3 is 2.89 bits per heavy atom. The number of tetrazole rings is 1. The molecule has 1 aromatic carbocycles. The van der Waals surface area contributed by atoms with E-state index in [0.29, 0.717) is 29.6 Å². The van der Waals surface area contributed by atoms with Crippen molar-refractivity contribution < 1.29 is 4.79 Å². The number of hydrogen-bond acceptors (Lipinski definition) is 6. The van der Waals surface area contributed by atoms with Crippen molar-refractivity contribution in [2.45, 2.75) is 17.5 Å². The molecule has 100 valence electrons. The van der Waals surface area contributed by atoms with Gasteiger partial charge < -0.3 is 11.5 Å². The first kappa shape index (κ1) is 13.5. The molecule has 0 spiro atoms. The molecule has 1 heterocycles. The zero-order chi connectivity index (χ0) is 13.7. The van der Waals surface area contributed by atoms with E-state index in [1.807, 2.05) is 12.1 Å². The summed E-state index contributed by atoms with van der Waals surface area (Å²) in [7, 11) is 0. The Bertz CT molecular complexity index is 570. The molecule has 0 atom stereocenters. The van der Waals surface area contributed by atoms with Crippen LogP contribution in [0.1, 0.15) is 15.9 Å². The zero-order valence-electron chi connectivity index (χ0n) is 10.2. The molecule has 2 rings (SSSR count). The Morgan fingerprint density at radius 2 is 2.16 bits per heavy atom. The average Bonchev–Trinajstić information content (AvgIpc) is 2.84. The minimum absolute atomic E-state index is 0.433. The molecule has 0 bridgehead atoms. The predicted octanol–water partition coefficient (Wildman–Crippen LogP) is 0.0230. The summed E-state index contributed by atoms with van der Waals surface area (Å²) in [6.07, 6.45) is 0. The van der Waals surface area contributed by atoms with Crippen LogP contribution in [-0.4, -0.2) is 32.7 Å². The third-order valence-corrected chi connectivity index (χ3v) is 3.49. The number of thioether (sulfide) groups is 1. The number of carbonyl (C=O) groups is 1. The zero-order valence-corrected chi connectivity index (χ0v) is 11.0. The minimum Gasteiger partial charge on any atom is -0.366 e. The lowest BCUT2D eigenvalue weighted by Gasteiger charge is -2.06. The smallest absolute Gasteiger partial charge is 0.249 e. The van der Waals surface area contributed by atoms with Gasteiger partial charge in [-0.3, -0.25) is 4.79 Å². The summed E-state index contributed by atoms with van der Waals surface area (Å²) in [6.45, 7) is 1.03. The molecule has 0 saturated heterocycles. The molecule has 7 nitrogen and oxygen atoms in total. The normalized spacial score (nSPS) is 10.6. The summed E-state index contributed by atoms with van der Waals surface area (Å²) >= 11 is 1.44. The Morgan fingerprint density at radius 1 is 1.37 bits per heavy atom. The molecule has 0 unspecified atom stereocenters. The topological polar surface area (TPSA) is 113 Å². The number of amides is 1. The molecule has 0 aliphatic heterocycles. The quantitative estimate of drug-likeness (QED) is 0.720. The maximum absolute atomic E-state index is 11.3. The number of aromatic nitrogens is 4. The SMILES string of the molecule is NCCn1nnnc1SCc1ccccc1C(N)=O. The first-order valence-corrected chi connectivity index (χ1v) is 6.67. The van der Waals surface area contributed by atoms with Crippen molar-refractivity contribution >= 4 is 17.7 Å². The van der Waals surface area contributed by atoms with Gasteiger partial charge in [-0.05, 0) is 22.1 Å². The number of nitrogens with zero attached hydrogens (tertiary/aromatic N) is 4. The van der Waals surface area contributed by atoms with E-state index >= 15 is 0 Å². The van der Waals surface area contributed by atoms with Crippen LogP contribution in [-0.2, 0) is 12.3 Å². The summed E-state index contributed by atoms with van der Waals surface area (Å²) in [6, 6.07) is 7.23. The molecular weight excluding hydrogens is 264 g/mol. The van der Waals surface area contributed by atoms with E-state index in [0.717, 1.165) is 5.56 Å². The number of primary amides is 1. The van der Waals surface area contributed by atoms with E-state index < -0.39 is 5.91 Å². The van der Waals surface area contributed by atoms with Crippen molar-refractivity contribution in [3.8, 4) is 0 Å². The molecule has 0 fully saturated rings. The monoisotopic (exact) mass is 278 g/mol. The molecule has 1 aromatic heterocycles. The molecule has 2 aromatic rings. The Hall–Kier alpha value is -1.93. The number of nitrogens with two attached hydrogens (primary N) is 2. The van der Waals surface area contributed by atoms with Gasteiger partial charge in [-0.25, -0.2) is 4.68 Å². The highest BCUT2D eigenvalue weighted by Gasteiger charge is 2.10. The number of carbonyl (C=O) groups excluding carboxylic acids is 1. The predicted molar refractivity (Wildman–Crippen MR) is 71.4 cm³/mol.